The second kappa shape index (κ2) is 10.6. The summed E-state index contributed by atoms with van der Waals surface area (Å²) < 4.78 is 10.6. The Balaban J connectivity index is 1.54. The number of amides is 1. The number of carbonyl (C=O) groups excluding carboxylic acids is 3. The van der Waals surface area contributed by atoms with E-state index in [0.717, 1.165) is 46.3 Å². The number of ether oxygens (including phenoxy) is 2. The van der Waals surface area contributed by atoms with Gasteiger partial charge in [0.15, 0.2) is 6.61 Å². The number of pyridine rings is 1. The van der Waals surface area contributed by atoms with Crippen LogP contribution in [0.25, 0.3) is 10.9 Å². The molecule has 3 aromatic rings. The third-order valence-electron chi connectivity index (χ3n) is 6.11. The van der Waals surface area contributed by atoms with Crippen molar-refractivity contribution in [3.05, 3.63) is 57.6 Å². The standard InChI is InChI=1S/C27H30N2O5S/c1-5-33-26(31)19-13-22(15(2)3)35-25(19)29-23(30)14-34-27(32)24-17-8-6-7-9-20(17)28-21-11-10-16(4)12-18(21)24/h6-9,13,15-16H,5,10-12,14H2,1-4H3,(H,29,30). The second-order valence-electron chi connectivity index (χ2n) is 9.17. The Kier molecular flexibility index (Phi) is 7.50. The highest BCUT2D eigenvalue weighted by atomic mass is 32.1. The number of anilines is 1. The Morgan fingerprint density at radius 3 is 2.69 bits per heavy atom. The Morgan fingerprint density at radius 2 is 1.94 bits per heavy atom. The Bertz CT molecular complexity index is 1280. The van der Waals surface area contributed by atoms with Gasteiger partial charge in [0.1, 0.15) is 5.00 Å². The molecule has 1 aliphatic rings. The van der Waals surface area contributed by atoms with Gasteiger partial charge < -0.3 is 14.8 Å². The molecule has 1 unspecified atom stereocenters. The van der Waals surface area contributed by atoms with Gasteiger partial charge in [-0.15, -0.1) is 11.3 Å². The topological polar surface area (TPSA) is 94.6 Å². The van der Waals surface area contributed by atoms with Crippen molar-refractivity contribution in [2.45, 2.75) is 52.9 Å². The zero-order chi connectivity index (χ0) is 25.1. The predicted octanol–water partition coefficient (Wildman–Crippen LogP) is 5.52. The van der Waals surface area contributed by atoms with Crippen LogP contribution in [0.15, 0.2) is 30.3 Å². The van der Waals surface area contributed by atoms with Crippen LogP contribution in [0.5, 0.6) is 0 Å². The largest absolute Gasteiger partial charge is 0.462 e. The number of hydrogen-bond acceptors (Lipinski definition) is 7. The summed E-state index contributed by atoms with van der Waals surface area (Å²) >= 11 is 1.32. The van der Waals surface area contributed by atoms with E-state index in [0.29, 0.717) is 22.0 Å². The van der Waals surface area contributed by atoms with Crippen molar-refractivity contribution in [1.29, 1.82) is 0 Å². The number of esters is 2. The van der Waals surface area contributed by atoms with Crippen molar-refractivity contribution < 1.29 is 23.9 Å². The minimum atomic E-state index is -0.538. The molecule has 0 fully saturated rings. The fourth-order valence-corrected chi connectivity index (χ4v) is 5.37. The van der Waals surface area contributed by atoms with Crippen molar-refractivity contribution in [3.8, 4) is 0 Å². The molecule has 1 atom stereocenters. The van der Waals surface area contributed by atoms with Gasteiger partial charge in [-0.2, -0.15) is 0 Å². The van der Waals surface area contributed by atoms with Gasteiger partial charge in [0.05, 0.1) is 23.3 Å². The molecule has 7 nitrogen and oxygen atoms in total. The van der Waals surface area contributed by atoms with Gasteiger partial charge >= 0.3 is 11.9 Å². The van der Waals surface area contributed by atoms with Crippen LogP contribution in [0.1, 0.15) is 76.9 Å². The molecule has 1 aromatic carbocycles. The van der Waals surface area contributed by atoms with E-state index in [1.807, 2.05) is 38.1 Å². The maximum Gasteiger partial charge on any atom is 0.341 e. The van der Waals surface area contributed by atoms with Crippen LogP contribution in [0.3, 0.4) is 0 Å². The van der Waals surface area contributed by atoms with Gasteiger partial charge in [-0.3, -0.25) is 9.78 Å². The smallest absolute Gasteiger partial charge is 0.341 e. The van der Waals surface area contributed by atoms with Gasteiger partial charge in [0.2, 0.25) is 0 Å². The van der Waals surface area contributed by atoms with Crippen LogP contribution < -0.4 is 5.32 Å². The van der Waals surface area contributed by atoms with Gasteiger partial charge in [-0.05, 0) is 55.7 Å². The van der Waals surface area contributed by atoms with E-state index in [2.05, 4.69) is 12.2 Å². The molecule has 8 heteroatoms. The number of carbonyl (C=O) groups is 3. The summed E-state index contributed by atoms with van der Waals surface area (Å²) in [7, 11) is 0. The quantitative estimate of drug-likeness (QED) is 0.435. The number of rotatable bonds is 7. The lowest BCUT2D eigenvalue weighted by atomic mass is 9.84. The molecule has 0 saturated heterocycles. The molecule has 1 aliphatic carbocycles. The van der Waals surface area contributed by atoms with Crippen molar-refractivity contribution in [3.63, 3.8) is 0 Å². The molecule has 0 bridgehead atoms. The summed E-state index contributed by atoms with van der Waals surface area (Å²) in [6.45, 7) is 7.68. The predicted molar refractivity (Wildman–Crippen MR) is 136 cm³/mol. The molecule has 4 rings (SSSR count). The van der Waals surface area contributed by atoms with Gasteiger partial charge in [0.25, 0.3) is 5.91 Å². The number of fused-ring (bicyclic) bond motifs is 2. The average Bonchev–Trinajstić information content (AvgIpc) is 3.25. The van der Waals surface area contributed by atoms with Crippen LogP contribution in [0.4, 0.5) is 5.00 Å². The summed E-state index contributed by atoms with van der Waals surface area (Å²) in [5.41, 5.74) is 3.39. The third-order valence-corrected chi connectivity index (χ3v) is 7.46. The minimum Gasteiger partial charge on any atom is -0.462 e. The molecule has 1 amide bonds. The number of aryl methyl sites for hydroxylation is 1. The lowest BCUT2D eigenvalue weighted by Crippen LogP contribution is -2.24. The maximum absolute atomic E-state index is 13.2. The first-order valence-electron chi connectivity index (χ1n) is 12.0. The molecule has 0 aliphatic heterocycles. The number of para-hydroxylation sites is 1. The zero-order valence-electron chi connectivity index (χ0n) is 20.5. The number of nitrogens with zero attached hydrogens (tertiary/aromatic N) is 1. The number of nitrogens with one attached hydrogen (secondary N) is 1. The summed E-state index contributed by atoms with van der Waals surface area (Å²) in [6, 6.07) is 9.25. The highest BCUT2D eigenvalue weighted by molar-refractivity contribution is 7.16. The number of hydrogen-bond donors (Lipinski definition) is 1. The summed E-state index contributed by atoms with van der Waals surface area (Å²) in [5.74, 6) is -0.918. The van der Waals surface area contributed by atoms with E-state index in [4.69, 9.17) is 14.5 Å². The summed E-state index contributed by atoms with van der Waals surface area (Å²) in [4.78, 5) is 44.0. The van der Waals surface area contributed by atoms with Gasteiger partial charge in [-0.1, -0.05) is 39.0 Å². The zero-order valence-corrected chi connectivity index (χ0v) is 21.3. The van der Waals surface area contributed by atoms with E-state index in [1.54, 1.807) is 13.0 Å². The van der Waals surface area contributed by atoms with Crippen molar-refractivity contribution >= 4 is 45.1 Å². The molecule has 1 N–H and O–H groups in total. The maximum atomic E-state index is 13.2. The van der Waals surface area contributed by atoms with Gasteiger partial charge in [0, 0.05) is 16.0 Å². The monoisotopic (exact) mass is 494 g/mol. The fourth-order valence-electron chi connectivity index (χ4n) is 4.31. The van der Waals surface area contributed by atoms with E-state index in [-0.39, 0.29) is 12.5 Å². The molecular formula is C27H30N2O5S. The second-order valence-corrected chi connectivity index (χ2v) is 10.3. The highest BCUT2D eigenvalue weighted by Crippen LogP contribution is 2.34. The molecule has 0 radical (unpaired) electrons. The number of benzene rings is 1. The first kappa shape index (κ1) is 24.9. The van der Waals surface area contributed by atoms with Crippen LogP contribution in [0.2, 0.25) is 0 Å². The molecule has 0 saturated carbocycles. The highest BCUT2D eigenvalue weighted by Gasteiger charge is 2.27. The van der Waals surface area contributed by atoms with E-state index >= 15 is 0 Å². The van der Waals surface area contributed by atoms with Crippen molar-refractivity contribution in [1.82, 2.24) is 4.98 Å². The lowest BCUT2D eigenvalue weighted by Gasteiger charge is -2.24. The normalized spacial score (nSPS) is 15.1. The molecule has 0 spiro atoms. The summed E-state index contributed by atoms with van der Waals surface area (Å²) in [5, 5.41) is 3.86. The van der Waals surface area contributed by atoms with Gasteiger partial charge in [-0.25, -0.2) is 9.59 Å². The van der Waals surface area contributed by atoms with Crippen molar-refractivity contribution in [2.75, 3.05) is 18.5 Å². The molecule has 2 heterocycles. The van der Waals surface area contributed by atoms with E-state index in [1.165, 1.54) is 11.3 Å². The van der Waals surface area contributed by atoms with Crippen LogP contribution in [0, 0.1) is 5.92 Å². The Hall–Kier alpha value is -3.26. The SMILES string of the molecule is CCOC(=O)c1cc(C(C)C)sc1NC(=O)COC(=O)c1c2c(nc3ccccc13)CCC(C)C2. The first-order valence-corrected chi connectivity index (χ1v) is 12.8. The average molecular weight is 495 g/mol. The van der Waals surface area contributed by atoms with E-state index < -0.39 is 24.5 Å². The summed E-state index contributed by atoms with van der Waals surface area (Å²) in [6.07, 6.45) is 2.59. The van der Waals surface area contributed by atoms with Crippen LogP contribution in [-0.2, 0) is 27.1 Å². The Labute approximate surface area is 208 Å². The number of thiophene rings is 1. The molecular weight excluding hydrogens is 464 g/mol. The third kappa shape index (κ3) is 5.37. The van der Waals surface area contributed by atoms with Crippen molar-refractivity contribution in [2.24, 2.45) is 5.92 Å². The molecule has 35 heavy (non-hydrogen) atoms. The Morgan fingerprint density at radius 1 is 1.17 bits per heavy atom. The van der Waals surface area contributed by atoms with Crippen LogP contribution >= 0.6 is 11.3 Å². The molecule has 2 aromatic heterocycles. The lowest BCUT2D eigenvalue weighted by molar-refractivity contribution is -0.119. The minimum absolute atomic E-state index is 0.185. The first-order chi connectivity index (χ1) is 16.8. The molecule has 184 valence electrons. The number of aromatic nitrogens is 1. The van der Waals surface area contributed by atoms with Crippen LogP contribution in [-0.4, -0.2) is 36.0 Å². The van der Waals surface area contributed by atoms with E-state index in [9.17, 15) is 14.4 Å². The fraction of sp³-hybridized carbons (Fsp3) is 0.407.